The van der Waals surface area contributed by atoms with Crippen LogP contribution in [0, 0.1) is 0 Å². The lowest BCUT2D eigenvalue weighted by Crippen LogP contribution is -2.34. The van der Waals surface area contributed by atoms with Crippen LogP contribution in [0.2, 0.25) is 0 Å². The second-order valence-corrected chi connectivity index (χ2v) is 6.99. The van der Waals surface area contributed by atoms with Crippen molar-refractivity contribution in [1.29, 1.82) is 0 Å². The van der Waals surface area contributed by atoms with Gasteiger partial charge >= 0.3 is 6.36 Å². The van der Waals surface area contributed by atoms with Crippen molar-refractivity contribution in [3.63, 3.8) is 0 Å². The number of nitrogens with zero attached hydrogens (tertiary/aromatic N) is 2. The van der Waals surface area contributed by atoms with Crippen molar-refractivity contribution in [3.05, 3.63) is 78.1 Å². The van der Waals surface area contributed by atoms with E-state index in [2.05, 4.69) is 9.72 Å². The van der Waals surface area contributed by atoms with Crippen LogP contribution in [-0.2, 0) is 6.42 Å². The van der Waals surface area contributed by atoms with Crippen LogP contribution in [0.25, 0.3) is 11.1 Å². The highest BCUT2D eigenvalue weighted by molar-refractivity contribution is 5.98. The third-order valence-electron chi connectivity index (χ3n) is 4.90. The van der Waals surface area contributed by atoms with Gasteiger partial charge in [-0.2, -0.15) is 0 Å². The fraction of sp³-hybridized carbons (Fsp3) is 0.217. The zero-order valence-corrected chi connectivity index (χ0v) is 16.4. The Labute approximate surface area is 177 Å². The van der Waals surface area contributed by atoms with E-state index in [1.807, 2.05) is 18.2 Å². The summed E-state index contributed by atoms with van der Waals surface area (Å²) < 4.78 is 46.7. The van der Waals surface area contributed by atoms with Crippen LogP contribution >= 0.6 is 0 Å². The average molecular weight is 428 g/mol. The molecule has 0 unspecified atom stereocenters. The van der Waals surface area contributed by atoms with Crippen LogP contribution in [0.5, 0.6) is 11.5 Å². The summed E-state index contributed by atoms with van der Waals surface area (Å²) in [5.41, 5.74) is 2.68. The van der Waals surface area contributed by atoms with Crippen LogP contribution < -0.4 is 9.47 Å². The molecule has 0 radical (unpaired) electrons. The Hall–Kier alpha value is -3.55. The quantitative estimate of drug-likeness (QED) is 0.590. The predicted octanol–water partition coefficient (Wildman–Crippen LogP) is 4.72. The van der Waals surface area contributed by atoms with Gasteiger partial charge in [0.2, 0.25) is 0 Å². The molecule has 31 heavy (non-hydrogen) atoms. The molecule has 0 aliphatic carbocycles. The smallest absolute Gasteiger partial charge is 0.491 e. The van der Waals surface area contributed by atoms with E-state index in [9.17, 15) is 18.0 Å². The highest BCUT2D eigenvalue weighted by Crippen LogP contribution is 2.31. The molecule has 2 aromatic carbocycles. The molecule has 0 N–H and O–H groups in total. The number of rotatable bonds is 5. The summed E-state index contributed by atoms with van der Waals surface area (Å²) in [4.78, 5) is 19.1. The highest BCUT2D eigenvalue weighted by Gasteiger charge is 2.31. The Balaban J connectivity index is 1.53. The van der Waals surface area contributed by atoms with E-state index in [1.165, 1.54) is 24.3 Å². The monoisotopic (exact) mass is 428 g/mol. The SMILES string of the molecule is O=C1c2cc(-c3ccc(OC(F)(F)F)cc3)ccc2OCCN1CCc1ccccn1. The third kappa shape index (κ3) is 5.14. The molecule has 4 rings (SSSR count). The molecule has 1 aromatic heterocycles. The van der Waals surface area contributed by atoms with Gasteiger partial charge in [-0.1, -0.05) is 24.3 Å². The minimum atomic E-state index is -4.74. The predicted molar refractivity (Wildman–Crippen MR) is 108 cm³/mol. The molecule has 0 atom stereocenters. The molecule has 0 saturated heterocycles. The normalized spacial score (nSPS) is 13.9. The molecule has 1 amide bonds. The van der Waals surface area contributed by atoms with Gasteiger partial charge in [0, 0.05) is 24.9 Å². The maximum Gasteiger partial charge on any atom is 0.573 e. The minimum Gasteiger partial charge on any atom is -0.491 e. The van der Waals surface area contributed by atoms with E-state index < -0.39 is 6.36 Å². The van der Waals surface area contributed by atoms with Crippen molar-refractivity contribution < 1.29 is 27.4 Å². The fourth-order valence-corrected chi connectivity index (χ4v) is 3.40. The largest absolute Gasteiger partial charge is 0.573 e. The maximum absolute atomic E-state index is 13.1. The lowest BCUT2D eigenvalue weighted by Gasteiger charge is -2.19. The van der Waals surface area contributed by atoms with Crippen molar-refractivity contribution in [2.75, 3.05) is 19.7 Å². The Bertz CT molecular complexity index is 1050. The van der Waals surface area contributed by atoms with Crippen LogP contribution in [0.3, 0.4) is 0 Å². The van der Waals surface area contributed by atoms with Crippen molar-refractivity contribution in [1.82, 2.24) is 9.88 Å². The van der Waals surface area contributed by atoms with Gasteiger partial charge in [-0.3, -0.25) is 9.78 Å². The molecule has 2 heterocycles. The van der Waals surface area contributed by atoms with Gasteiger partial charge in [-0.15, -0.1) is 13.2 Å². The van der Waals surface area contributed by atoms with E-state index in [1.54, 1.807) is 29.3 Å². The number of alkyl halides is 3. The first-order chi connectivity index (χ1) is 14.9. The first-order valence-corrected chi connectivity index (χ1v) is 9.71. The molecular weight excluding hydrogens is 409 g/mol. The first-order valence-electron chi connectivity index (χ1n) is 9.71. The maximum atomic E-state index is 13.1. The number of aromatic nitrogens is 1. The van der Waals surface area contributed by atoms with Crippen LogP contribution in [0.1, 0.15) is 16.1 Å². The summed E-state index contributed by atoms with van der Waals surface area (Å²) in [6.07, 6.45) is -2.40. The van der Waals surface area contributed by atoms with E-state index in [0.29, 0.717) is 48.6 Å². The molecule has 8 heteroatoms. The third-order valence-corrected chi connectivity index (χ3v) is 4.90. The molecule has 1 aliphatic heterocycles. The molecule has 160 valence electrons. The van der Waals surface area contributed by atoms with E-state index in [-0.39, 0.29) is 11.7 Å². The van der Waals surface area contributed by atoms with Crippen LogP contribution in [0.15, 0.2) is 66.9 Å². The summed E-state index contributed by atoms with van der Waals surface area (Å²) in [7, 11) is 0. The van der Waals surface area contributed by atoms with Gasteiger partial charge in [-0.05, 0) is 47.5 Å². The van der Waals surface area contributed by atoms with E-state index in [4.69, 9.17) is 4.74 Å². The van der Waals surface area contributed by atoms with Crippen molar-refractivity contribution in [2.24, 2.45) is 0 Å². The summed E-state index contributed by atoms with van der Waals surface area (Å²) in [5.74, 6) is 0.0412. The number of hydrogen-bond acceptors (Lipinski definition) is 4. The number of halogens is 3. The summed E-state index contributed by atoms with van der Waals surface area (Å²) in [5, 5.41) is 0. The Morgan fingerprint density at radius 3 is 2.52 bits per heavy atom. The number of pyridine rings is 1. The Morgan fingerprint density at radius 2 is 1.81 bits per heavy atom. The number of fused-ring (bicyclic) bond motifs is 1. The average Bonchev–Trinajstić information content (AvgIpc) is 2.91. The lowest BCUT2D eigenvalue weighted by molar-refractivity contribution is -0.274. The van der Waals surface area contributed by atoms with E-state index >= 15 is 0 Å². The molecule has 1 aliphatic rings. The number of carbonyl (C=O) groups excluding carboxylic acids is 1. The lowest BCUT2D eigenvalue weighted by atomic mass is 10.0. The topological polar surface area (TPSA) is 51.7 Å². The zero-order valence-electron chi connectivity index (χ0n) is 16.4. The zero-order chi connectivity index (χ0) is 21.8. The van der Waals surface area contributed by atoms with Gasteiger partial charge in [0.15, 0.2) is 0 Å². The molecule has 0 saturated carbocycles. The summed E-state index contributed by atoms with van der Waals surface area (Å²) in [6.45, 7) is 1.34. The van der Waals surface area contributed by atoms with Crippen molar-refractivity contribution in [2.45, 2.75) is 12.8 Å². The number of ether oxygens (including phenoxy) is 2. The number of carbonyl (C=O) groups is 1. The number of benzene rings is 2. The summed E-state index contributed by atoms with van der Waals surface area (Å²) in [6, 6.07) is 16.4. The second-order valence-electron chi connectivity index (χ2n) is 6.99. The van der Waals surface area contributed by atoms with E-state index in [0.717, 1.165) is 5.69 Å². The molecular formula is C23H19F3N2O3. The second kappa shape index (κ2) is 8.67. The first kappa shape index (κ1) is 20.7. The van der Waals surface area contributed by atoms with Gasteiger partial charge < -0.3 is 14.4 Å². The van der Waals surface area contributed by atoms with Crippen molar-refractivity contribution in [3.8, 4) is 22.6 Å². The molecule has 0 bridgehead atoms. The van der Waals surface area contributed by atoms with Gasteiger partial charge in [0.1, 0.15) is 18.1 Å². The Kier molecular flexibility index (Phi) is 5.79. The van der Waals surface area contributed by atoms with Gasteiger partial charge in [0.05, 0.1) is 12.1 Å². The minimum absolute atomic E-state index is 0.151. The molecule has 3 aromatic rings. The fourth-order valence-electron chi connectivity index (χ4n) is 3.40. The summed E-state index contributed by atoms with van der Waals surface area (Å²) >= 11 is 0. The van der Waals surface area contributed by atoms with Crippen LogP contribution in [0.4, 0.5) is 13.2 Å². The van der Waals surface area contributed by atoms with Gasteiger partial charge in [-0.25, -0.2) is 0 Å². The number of amides is 1. The molecule has 0 fully saturated rings. The standard InChI is InChI=1S/C23H19F3N2O3/c24-23(25,26)31-19-7-4-16(5-8-19)17-6-9-21-20(15-17)22(29)28(13-14-30-21)12-10-18-3-1-2-11-27-18/h1-9,11,15H,10,12-14H2. The van der Waals surface area contributed by atoms with Crippen molar-refractivity contribution >= 4 is 5.91 Å². The van der Waals surface area contributed by atoms with Gasteiger partial charge in [0.25, 0.3) is 5.91 Å². The molecule has 5 nitrogen and oxygen atoms in total. The van der Waals surface area contributed by atoms with Crippen LogP contribution in [-0.4, -0.2) is 41.8 Å². The molecule has 0 spiro atoms. The Morgan fingerprint density at radius 1 is 1.03 bits per heavy atom. The number of hydrogen-bond donors (Lipinski definition) is 0. The highest BCUT2D eigenvalue weighted by atomic mass is 19.4.